The number of alkyl carbamates (subject to hydrolysis) is 1. The highest BCUT2D eigenvalue weighted by molar-refractivity contribution is 5.79. The zero-order valence-electron chi connectivity index (χ0n) is 18.0. The fraction of sp³-hybridized carbons (Fsp3) is 0.261. The van der Waals surface area contributed by atoms with Crippen molar-refractivity contribution in [3.8, 4) is 11.1 Å². The molecule has 1 unspecified atom stereocenters. The van der Waals surface area contributed by atoms with E-state index in [1.54, 1.807) is 0 Å². The third-order valence-electron chi connectivity index (χ3n) is 5.43. The molecule has 0 aliphatic heterocycles. The summed E-state index contributed by atoms with van der Waals surface area (Å²) in [6.07, 6.45) is -0.815. The number of aliphatic hydroxyl groups is 1. The largest absolute Gasteiger partial charge is 0.479 e. The van der Waals surface area contributed by atoms with E-state index in [2.05, 4.69) is 33.1 Å². The summed E-state index contributed by atoms with van der Waals surface area (Å²) >= 11 is 0. The quantitative estimate of drug-likeness (QED) is 0.363. The number of nitrogens with zero attached hydrogens (tertiary/aromatic N) is 3. The molecule has 3 aromatic rings. The van der Waals surface area contributed by atoms with Crippen LogP contribution < -0.4 is 10.6 Å². The van der Waals surface area contributed by atoms with Crippen LogP contribution in [0.25, 0.3) is 11.1 Å². The number of nitrogens with one attached hydrogen (secondary N) is 2. The van der Waals surface area contributed by atoms with Crippen LogP contribution in [0, 0.1) is 0 Å². The summed E-state index contributed by atoms with van der Waals surface area (Å²) in [4.78, 5) is 34.6. The molecule has 34 heavy (non-hydrogen) atoms. The van der Waals surface area contributed by atoms with E-state index in [1.807, 2.05) is 36.4 Å². The fourth-order valence-electron chi connectivity index (χ4n) is 3.81. The zero-order valence-corrected chi connectivity index (χ0v) is 18.0. The smallest absolute Gasteiger partial charge is 0.407 e. The molecular weight excluding hydrogens is 442 g/mol. The Morgan fingerprint density at radius 3 is 2.32 bits per heavy atom. The molecule has 4 rings (SSSR count). The normalized spacial score (nSPS) is 13.0. The predicted molar refractivity (Wildman–Crippen MR) is 119 cm³/mol. The van der Waals surface area contributed by atoms with Crippen LogP contribution in [0.4, 0.5) is 4.79 Å². The highest BCUT2D eigenvalue weighted by Crippen LogP contribution is 2.44. The molecule has 4 N–H and O–H groups in total. The molecule has 2 aromatic carbocycles. The molecule has 11 heteroatoms. The molecule has 1 aliphatic rings. The maximum Gasteiger partial charge on any atom is 0.407 e. The third kappa shape index (κ3) is 5.21. The van der Waals surface area contributed by atoms with E-state index in [9.17, 15) is 19.5 Å². The topological polar surface area (TPSA) is 156 Å². The number of carboxylic acid groups (broad SMARTS) is 1. The molecule has 0 saturated carbocycles. The molecule has 0 radical (unpaired) electrons. The lowest BCUT2D eigenvalue weighted by molar-refractivity contribution is -0.146. The van der Waals surface area contributed by atoms with Crippen molar-refractivity contribution in [1.29, 1.82) is 0 Å². The first kappa shape index (κ1) is 22.9. The van der Waals surface area contributed by atoms with Gasteiger partial charge in [0.15, 0.2) is 6.10 Å². The van der Waals surface area contributed by atoms with Crippen LogP contribution in [0.1, 0.15) is 22.7 Å². The number of aliphatic hydroxyl groups excluding tert-OH is 1. The molecule has 0 saturated heterocycles. The lowest BCUT2D eigenvalue weighted by Crippen LogP contribution is -2.38. The van der Waals surface area contributed by atoms with Gasteiger partial charge in [0.05, 0.1) is 19.3 Å². The number of fused-ring (bicyclic) bond motifs is 3. The van der Waals surface area contributed by atoms with Crippen molar-refractivity contribution in [2.24, 2.45) is 0 Å². The summed E-state index contributed by atoms with van der Waals surface area (Å²) in [5.74, 6) is -2.01. The second kappa shape index (κ2) is 10.1. The molecular formula is C23H23N5O6. The Morgan fingerprint density at radius 2 is 1.68 bits per heavy atom. The fourth-order valence-corrected chi connectivity index (χ4v) is 3.81. The van der Waals surface area contributed by atoms with Crippen molar-refractivity contribution in [2.45, 2.75) is 25.1 Å². The van der Waals surface area contributed by atoms with E-state index in [-0.39, 0.29) is 25.6 Å². The molecule has 2 amide bonds. The number of hydrogen-bond donors (Lipinski definition) is 4. The number of carboxylic acids is 1. The van der Waals surface area contributed by atoms with E-state index in [0.717, 1.165) is 22.3 Å². The van der Waals surface area contributed by atoms with Gasteiger partial charge in [-0.2, -0.15) is 0 Å². The van der Waals surface area contributed by atoms with Gasteiger partial charge in [0.25, 0.3) is 0 Å². The number of aromatic nitrogens is 3. The van der Waals surface area contributed by atoms with Crippen LogP contribution in [0.15, 0.2) is 54.7 Å². The molecule has 1 heterocycles. The number of aliphatic carboxylic acids is 1. The van der Waals surface area contributed by atoms with E-state index < -0.39 is 30.6 Å². The van der Waals surface area contributed by atoms with E-state index in [0.29, 0.717) is 5.69 Å². The van der Waals surface area contributed by atoms with Gasteiger partial charge < -0.3 is 25.6 Å². The van der Waals surface area contributed by atoms with Crippen molar-refractivity contribution >= 4 is 18.0 Å². The van der Waals surface area contributed by atoms with Crippen molar-refractivity contribution in [3.63, 3.8) is 0 Å². The third-order valence-corrected chi connectivity index (χ3v) is 5.43. The van der Waals surface area contributed by atoms with Crippen LogP contribution in [-0.4, -0.2) is 62.4 Å². The van der Waals surface area contributed by atoms with Crippen molar-refractivity contribution < 1.29 is 29.3 Å². The standard InChI is InChI=1S/C23H23N5O6/c29-20(22(31)32)10-24-21(30)12-28-11-14(26-27-28)9-25-23(33)34-13-19-17-7-3-1-5-15(17)16-6-2-4-8-18(16)19/h1-8,11,19-20,29H,9-10,12-13H2,(H,24,30)(H,25,33)(H,31,32). The van der Waals surface area contributed by atoms with Crippen molar-refractivity contribution in [2.75, 3.05) is 13.2 Å². The summed E-state index contributed by atoms with van der Waals surface area (Å²) < 4.78 is 6.70. The van der Waals surface area contributed by atoms with Crippen molar-refractivity contribution in [3.05, 3.63) is 71.5 Å². The summed E-state index contributed by atoms with van der Waals surface area (Å²) in [6, 6.07) is 16.1. The Kier molecular flexibility index (Phi) is 6.83. The van der Waals surface area contributed by atoms with E-state index in [4.69, 9.17) is 9.84 Å². The number of carbonyl (C=O) groups excluding carboxylic acids is 2. The minimum atomic E-state index is -1.68. The van der Waals surface area contributed by atoms with Gasteiger partial charge >= 0.3 is 12.1 Å². The second-order valence-corrected chi connectivity index (χ2v) is 7.74. The van der Waals surface area contributed by atoms with Gasteiger partial charge in [0.2, 0.25) is 5.91 Å². The highest BCUT2D eigenvalue weighted by Gasteiger charge is 2.29. The summed E-state index contributed by atoms with van der Waals surface area (Å²) in [5, 5.41) is 30.3. The van der Waals surface area contributed by atoms with E-state index >= 15 is 0 Å². The Balaban J connectivity index is 1.25. The van der Waals surface area contributed by atoms with Crippen molar-refractivity contribution in [1.82, 2.24) is 25.6 Å². The second-order valence-electron chi connectivity index (χ2n) is 7.74. The number of benzene rings is 2. The highest BCUT2D eigenvalue weighted by atomic mass is 16.5. The van der Waals surface area contributed by atoms with Crippen LogP contribution in [0.2, 0.25) is 0 Å². The van der Waals surface area contributed by atoms with Gasteiger partial charge in [0, 0.05) is 5.92 Å². The van der Waals surface area contributed by atoms with Gasteiger partial charge in [-0.3, -0.25) is 4.79 Å². The van der Waals surface area contributed by atoms with Gasteiger partial charge in [0.1, 0.15) is 18.8 Å². The number of amides is 2. The van der Waals surface area contributed by atoms with Crippen LogP contribution in [0.3, 0.4) is 0 Å². The Labute approximate surface area is 194 Å². The average Bonchev–Trinajstić information content (AvgIpc) is 3.41. The van der Waals surface area contributed by atoms with Gasteiger partial charge in [-0.1, -0.05) is 53.7 Å². The summed E-state index contributed by atoms with van der Waals surface area (Å²) in [5.41, 5.74) is 4.93. The Hall–Kier alpha value is -4.25. The minimum Gasteiger partial charge on any atom is -0.479 e. The molecule has 11 nitrogen and oxygen atoms in total. The Bertz CT molecular complexity index is 1160. The molecule has 1 atom stereocenters. The lowest BCUT2D eigenvalue weighted by Gasteiger charge is -2.14. The minimum absolute atomic E-state index is 0.0443. The molecule has 0 spiro atoms. The molecule has 0 fully saturated rings. The number of ether oxygens (including phenoxy) is 1. The summed E-state index contributed by atoms with van der Waals surface area (Å²) in [7, 11) is 0. The lowest BCUT2D eigenvalue weighted by atomic mass is 9.98. The van der Waals surface area contributed by atoms with Crippen LogP contribution >= 0.6 is 0 Å². The predicted octanol–water partition coefficient (Wildman–Crippen LogP) is 0.879. The summed E-state index contributed by atoms with van der Waals surface area (Å²) in [6.45, 7) is -0.395. The average molecular weight is 465 g/mol. The monoisotopic (exact) mass is 465 g/mol. The van der Waals surface area contributed by atoms with Gasteiger partial charge in [-0.15, -0.1) is 5.10 Å². The molecule has 176 valence electrons. The first-order valence-electron chi connectivity index (χ1n) is 10.6. The maximum absolute atomic E-state index is 12.3. The number of rotatable bonds is 9. The maximum atomic E-state index is 12.3. The number of hydrogen-bond acceptors (Lipinski definition) is 7. The molecule has 1 aliphatic carbocycles. The SMILES string of the molecule is O=C(Cn1cc(CNC(=O)OCC2c3ccccc3-c3ccccc32)nn1)NCC(O)C(=O)O. The first-order valence-corrected chi connectivity index (χ1v) is 10.6. The van der Waals surface area contributed by atoms with Crippen LogP contribution in [0.5, 0.6) is 0 Å². The van der Waals surface area contributed by atoms with Crippen LogP contribution in [-0.2, 0) is 27.4 Å². The number of carbonyl (C=O) groups is 3. The first-order chi connectivity index (χ1) is 16.4. The van der Waals surface area contributed by atoms with E-state index in [1.165, 1.54) is 10.9 Å². The molecule has 1 aromatic heterocycles. The zero-order chi connectivity index (χ0) is 24.1. The van der Waals surface area contributed by atoms with Gasteiger partial charge in [-0.25, -0.2) is 14.3 Å². The molecule has 0 bridgehead atoms. The Morgan fingerprint density at radius 1 is 1.03 bits per heavy atom. The van der Waals surface area contributed by atoms with Gasteiger partial charge in [-0.05, 0) is 22.3 Å².